The second kappa shape index (κ2) is 8.41. The highest BCUT2D eigenvalue weighted by atomic mass is 35.5. The zero-order valence-corrected chi connectivity index (χ0v) is 19.2. The minimum absolute atomic E-state index is 0.0692. The van der Waals surface area contributed by atoms with Crippen molar-refractivity contribution in [3.63, 3.8) is 0 Å². The molecule has 1 amide bonds. The number of imidazole rings is 1. The summed E-state index contributed by atoms with van der Waals surface area (Å²) in [5.74, 6) is -0.225. The van der Waals surface area contributed by atoms with Gasteiger partial charge in [0.1, 0.15) is 18.1 Å². The number of carbonyl (C=O) groups excluding carboxylic acids is 1. The van der Waals surface area contributed by atoms with E-state index >= 15 is 0 Å². The van der Waals surface area contributed by atoms with E-state index in [0.29, 0.717) is 27.0 Å². The molecule has 0 aliphatic heterocycles. The number of fused-ring (bicyclic) bond motifs is 1. The minimum atomic E-state index is -3.31. The van der Waals surface area contributed by atoms with Gasteiger partial charge in [0.15, 0.2) is 15.0 Å². The predicted molar refractivity (Wildman–Crippen MR) is 124 cm³/mol. The van der Waals surface area contributed by atoms with Gasteiger partial charge in [-0.3, -0.25) is 4.79 Å². The summed E-state index contributed by atoms with van der Waals surface area (Å²) < 4.78 is 25.3. The highest BCUT2D eigenvalue weighted by Crippen LogP contribution is 2.31. The molecule has 0 atom stereocenters. The Morgan fingerprint density at radius 2 is 1.84 bits per heavy atom. The molecule has 0 bridgehead atoms. The van der Waals surface area contributed by atoms with E-state index in [2.05, 4.69) is 15.3 Å². The molecule has 0 fully saturated rings. The lowest BCUT2D eigenvalue weighted by atomic mass is 10.1. The number of para-hydroxylation sites is 2. The SMILES string of the molecule is Cc1sc(NC(=O)Cn2c(CS(C)(=O)=O)nc3ccccc32)nc1-c1ccc(Cl)cc1. The van der Waals surface area contributed by atoms with Crippen LogP contribution in [0.2, 0.25) is 5.02 Å². The van der Waals surface area contributed by atoms with Crippen molar-refractivity contribution in [1.82, 2.24) is 14.5 Å². The van der Waals surface area contributed by atoms with Crippen LogP contribution in [0, 0.1) is 6.92 Å². The van der Waals surface area contributed by atoms with Crippen molar-refractivity contribution >= 4 is 54.8 Å². The van der Waals surface area contributed by atoms with Gasteiger partial charge in [-0.2, -0.15) is 0 Å². The third-order valence-corrected chi connectivity index (χ3v) is 6.51. The lowest BCUT2D eigenvalue weighted by Crippen LogP contribution is -2.21. The van der Waals surface area contributed by atoms with Gasteiger partial charge in [-0.1, -0.05) is 35.9 Å². The molecule has 4 rings (SSSR count). The predicted octanol–water partition coefficient (Wildman–Crippen LogP) is 4.30. The van der Waals surface area contributed by atoms with Gasteiger partial charge >= 0.3 is 0 Å². The molecule has 2 aromatic heterocycles. The lowest BCUT2D eigenvalue weighted by molar-refractivity contribution is -0.116. The maximum atomic E-state index is 12.8. The number of amides is 1. The first-order chi connectivity index (χ1) is 14.7. The molecule has 2 aromatic carbocycles. The molecular weight excluding hydrogens is 456 g/mol. The Balaban J connectivity index is 1.58. The molecule has 0 unspecified atom stereocenters. The molecule has 0 saturated heterocycles. The van der Waals surface area contributed by atoms with E-state index in [4.69, 9.17) is 11.6 Å². The van der Waals surface area contributed by atoms with Gasteiger partial charge in [0.25, 0.3) is 0 Å². The van der Waals surface area contributed by atoms with Crippen LogP contribution in [0.3, 0.4) is 0 Å². The van der Waals surface area contributed by atoms with Crippen LogP contribution in [0.1, 0.15) is 10.7 Å². The lowest BCUT2D eigenvalue weighted by Gasteiger charge is -2.08. The molecule has 2 heterocycles. The molecule has 160 valence electrons. The van der Waals surface area contributed by atoms with Gasteiger partial charge in [0.05, 0.1) is 16.7 Å². The van der Waals surface area contributed by atoms with Crippen LogP contribution in [0.4, 0.5) is 5.13 Å². The number of benzene rings is 2. The Labute approximate surface area is 188 Å². The summed E-state index contributed by atoms with van der Waals surface area (Å²) in [5.41, 5.74) is 3.04. The molecular formula is C21H19ClN4O3S2. The third-order valence-electron chi connectivity index (χ3n) is 4.59. The fourth-order valence-corrected chi connectivity index (χ4v) is 4.94. The van der Waals surface area contributed by atoms with Crippen LogP contribution in [-0.4, -0.2) is 35.1 Å². The maximum Gasteiger partial charge on any atom is 0.246 e. The molecule has 0 aliphatic carbocycles. The zero-order valence-electron chi connectivity index (χ0n) is 16.8. The quantitative estimate of drug-likeness (QED) is 0.449. The Morgan fingerprint density at radius 1 is 1.13 bits per heavy atom. The number of carbonyl (C=O) groups is 1. The minimum Gasteiger partial charge on any atom is -0.318 e. The van der Waals surface area contributed by atoms with Gasteiger partial charge in [-0.15, -0.1) is 11.3 Å². The summed E-state index contributed by atoms with van der Waals surface area (Å²) in [6, 6.07) is 14.6. The Hall–Kier alpha value is -2.75. The number of aryl methyl sites for hydroxylation is 1. The highest BCUT2D eigenvalue weighted by molar-refractivity contribution is 7.89. The van der Waals surface area contributed by atoms with Crippen molar-refractivity contribution in [2.75, 3.05) is 11.6 Å². The number of nitrogens with one attached hydrogen (secondary N) is 1. The van der Waals surface area contributed by atoms with E-state index in [-0.39, 0.29) is 18.2 Å². The van der Waals surface area contributed by atoms with Crippen LogP contribution >= 0.6 is 22.9 Å². The average molecular weight is 475 g/mol. The molecule has 7 nitrogen and oxygen atoms in total. The molecule has 31 heavy (non-hydrogen) atoms. The highest BCUT2D eigenvalue weighted by Gasteiger charge is 2.18. The van der Waals surface area contributed by atoms with Gasteiger partial charge in [0, 0.05) is 21.7 Å². The van der Waals surface area contributed by atoms with Crippen molar-refractivity contribution in [2.24, 2.45) is 0 Å². The Morgan fingerprint density at radius 3 is 2.55 bits per heavy atom. The number of halogens is 1. The number of thiazole rings is 1. The van der Waals surface area contributed by atoms with Gasteiger partial charge in [-0.25, -0.2) is 18.4 Å². The first-order valence-electron chi connectivity index (χ1n) is 9.35. The summed E-state index contributed by atoms with van der Waals surface area (Å²) in [7, 11) is -3.31. The van der Waals surface area contributed by atoms with Crippen LogP contribution in [-0.2, 0) is 26.9 Å². The van der Waals surface area contributed by atoms with Crippen molar-refractivity contribution in [2.45, 2.75) is 19.2 Å². The van der Waals surface area contributed by atoms with Crippen molar-refractivity contribution in [3.05, 3.63) is 64.3 Å². The average Bonchev–Trinajstić information content (AvgIpc) is 3.21. The normalized spacial score (nSPS) is 11.7. The largest absolute Gasteiger partial charge is 0.318 e. The van der Waals surface area contributed by atoms with E-state index < -0.39 is 9.84 Å². The molecule has 0 saturated carbocycles. The second-order valence-electron chi connectivity index (χ2n) is 7.15. The fourth-order valence-electron chi connectivity index (χ4n) is 3.27. The van der Waals surface area contributed by atoms with Crippen LogP contribution < -0.4 is 5.32 Å². The Bertz CT molecular complexity index is 1380. The number of hydrogen-bond acceptors (Lipinski definition) is 6. The first kappa shape index (κ1) is 21.5. The fraction of sp³-hybridized carbons (Fsp3) is 0.190. The number of rotatable bonds is 6. The summed E-state index contributed by atoms with van der Waals surface area (Å²) in [6.45, 7) is 1.87. The summed E-state index contributed by atoms with van der Waals surface area (Å²) in [5, 5.41) is 3.94. The van der Waals surface area contributed by atoms with Crippen LogP contribution in [0.15, 0.2) is 48.5 Å². The van der Waals surface area contributed by atoms with Gasteiger partial charge < -0.3 is 9.88 Å². The Kier molecular flexibility index (Phi) is 5.83. The standard InChI is InChI=1S/C21H19ClN4O3S2/c1-13-20(14-7-9-15(22)10-8-14)25-21(30-13)24-19(27)11-26-17-6-4-3-5-16(17)23-18(26)12-31(2,28)29/h3-10H,11-12H2,1-2H3,(H,24,25,27). The monoisotopic (exact) mass is 474 g/mol. The van der Waals surface area contributed by atoms with E-state index in [1.54, 1.807) is 22.8 Å². The number of nitrogens with zero attached hydrogens (tertiary/aromatic N) is 3. The second-order valence-corrected chi connectivity index (χ2v) is 10.9. The number of sulfone groups is 1. The topological polar surface area (TPSA) is 94.0 Å². The number of aromatic nitrogens is 3. The summed E-state index contributed by atoms with van der Waals surface area (Å²) in [6.07, 6.45) is 1.15. The van der Waals surface area contributed by atoms with Crippen LogP contribution in [0.25, 0.3) is 22.3 Å². The molecule has 1 N–H and O–H groups in total. The van der Waals surface area contributed by atoms with E-state index in [0.717, 1.165) is 22.4 Å². The third kappa shape index (κ3) is 4.95. The summed E-state index contributed by atoms with van der Waals surface area (Å²) in [4.78, 5) is 22.7. The molecule has 10 heteroatoms. The molecule has 0 aliphatic rings. The smallest absolute Gasteiger partial charge is 0.246 e. The van der Waals surface area contributed by atoms with Gasteiger partial charge in [0.2, 0.25) is 5.91 Å². The van der Waals surface area contributed by atoms with Crippen molar-refractivity contribution in [1.29, 1.82) is 0 Å². The zero-order chi connectivity index (χ0) is 22.2. The molecule has 4 aromatic rings. The van der Waals surface area contributed by atoms with Crippen molar-refractivity contribution in [3.8, 4) is 11.3 Å². The molecule has 0 radical (unpaired) electrons. The van der Waals surface area contributed by atoms with Gasteiger partial charge in [-0.05, 0) is 31.2 Å². The van der Waals surface area contributed by atoms with E-state index in [1.807, 2.05) is 37.3 Å². The van der Waals surface area contributed by atoms with Crippen molar-refractivity contribution < 1.29 is 13.2 Å². The number of anilines is 1. The van der Waals surface area contributed by atoms with E-state index in [1.165, 1.54) is 11.3 Å². The van der Waals surface area contributed by atoms with Crippen LogP contribution in [0.5, 0.6) is 0 Å². The molecule has 0 spiro atoms. The number of hydrogen-bond donors (Lipinski definition) is 1. The first-order valence-corrected chi connectivity index (χ1v) is 12.6. The summed E-state index contributed by atoms with van der Waals surface area (Å²) >= 11 is 7.33. The maximum absolute atomic E-state index is 12.8. The van der Waals surface area contributed by atoms with E-state index in [9.17, 15) is 13.2 Å².